The van der Waals surface area contributed by atoms with E-state index in [0.717, 1.165) is 6.07 Å². The van der Waals surface area contributed by atoms with Gasteiger partial charge in [-0.15, -0.1) is 0 Å². The first-order valence-electron chi connectivity index (χ1n) is 8.57. The fourth-order valence-electron chi connectivity index (χ4n) is 3.27. The summed E-state index contributed by atoms with van der Waals surface area (Å²) in [5.74, 6) is -1.40. The third-order valence-corrected chi connectivity index (χ3v) is 5.75. The molecule has 150 valence electrons. The van der Waals surface area contributed by atoms with E-state index in [0.29, 0.717) is 12.0 Å². The number of nitrogens with two attached hydrogens (primary N) is 1. The molecule has 3 atom stereocenters. The van der Waals surface area contributed by atoms with E-state index in [-0.39, 0.29) is 16.4 Å². The molecule has 3 rings (SSSR count). The maximum atomic E-state index is 13.2. The molecular formula is C19H19F3N2O3S. The van der Waals surface area contributed by atoms with E-state index in [1.807, 2.05) is 0 Å². The number of nitrogens with one attached hydrogen (secondary N) is 1. The maximum Gasteiger partial charge on any atom is 0.416 e. The molecule has 1 aliphatic rings. The van der Waals surface area contributed by atoms with Gasteiger partial charge in [0.2, 0.25) is 15.9 Å². The first-order chi connectivity index (χ1) is 13.0. The summed E-state index contributed by atoms with van der Waals surface area (Å²) in [6.45, 7) is 1.67. The van der Waals surface area contributed by atoms with Crippen molar-refractivity contribution in [3.8, 4) is 0 Å². The Morgan fingerprint density at radius 2 is 1.86 bits per heavy atom. The van der Waals surface area contributed by atoms with Gasteiger partial charge in [0.15, 0.2) is 0 Å². The van der Waals surface area contributed by atoms with Crippen LogP contribution in [0.15, 0.2) is 53.4 Å². The first kappa shape index (κ1) is 20.3. The number of benzene rings is 2. The standard InChI is InChI=1S/C19H19F3N2O3S/c1-11(12-5-4-6-13(9-12)28(23,26)27)24-18(25)16-10-15(16)14-7-2-3-8-17(14)19(20,21)22/h2-9,11,15-16H,10H2,1H3,(H,24,25)(H2,23,26,27). The smallest absolute Gasteiger partial charge is 0.349 e. The summed E-state index contributed by atoms with van der Waals surface area (Å²) in [5.41, 5.74) is -0.0593. The zero-order chi connectivity index (χ0) is 20.7. The van der Waals surface area contributed by atoms with Crippen LogP contribution in [0.5, 0.6) is 0 Å². The predicted octanol–water partition coefficient (Wildman–Crippen LogP) is 3.33. The van der Waals surface area contributed by atoms with E-state index in [1.54, 1.807) is 13.0 Å². The van der Waals surface area contributed by atoms with Gasteiger partial charge in [0.05, 0.1) is 16.5 Å². The molecule has 1 aliphatic carbocycles. The summed E-state index contributed by atoms with van der Waals surface area (Å²) >= 11 is 0. The van der Waals surface area contributed by atoms with E-state index >= 15 is 0 Å². The molecule has 3 unspecified atom stereocenters. The van der Waals surface area contributed by atoms with E-state index in [9.17, 15) is 26.4 Å². The molecule has 0 radical (unpaired) electrons. The second kappa shape index (κ2) is 7.21. The van der Waals surface area contributed by atoms with Crippen molar-refractivity contribution in [3.63, 3.8) is 0 Å². The summed E-state index contributed by atoms with van der Waals surface area (Å²) in [6, 6.07) is 10.6. The van der Waals surface area contributed by atoms with Crippen LogP contribution in [0.4, 0.5) is 13.2 Å². The van der Waals surface area contributed by atoms with Crippen molar-refractivity contribution < 1.29 is 26.4 Å². The number of amides is 1. The fourth-order valence-corrected chi connectivity index (χ4v) is 3.84. The van der Waals surface area contributed by atoms with E-state index in [2.05, 4.69) is 5.32 Å². The molecule has 0 heterocycles. The highest BCUT2D eigenvalue weighted by molar-refractivity contribution is 7.89. The molecule has 0 aliphatic heterocycles. The third kappa shape index (κ3) is 4.36. The van der Waals surface area contributed by atoms with E-state index in [1.165, 1.54) is 36.4 Å². The van der Waals surface area contributed by atoms with Gasteiger partial charge < -0.3 is 5.32 Å². The van der Waals surface area contributed by atoms with Gasteiger partial charge in [-0.05, 0) is 48.6 Å². The quantitative estimate of drug-likeness (QED) is 0.789. The number of hydrogen-bond donors (Lipinski definition) is 2. The predicted molar refractivity (Wildman–Crippen MR) is 96.7 cm³/mol. The monoisotopic (exact) mass is 412 g/mol. The fraction of sp³-hybridized carbons (Fsp3) is 0.316. The Hall–Kier alpha value is -2.39. The van der Waals surface area contributed by atoms with Crippen LogP contribution < -0.4 is 10.5 Å². The van der Waals surface area contributed by atoms with Crippen LogP contribution in [-0.2, 0) is 21.0 Å². The largest absolute Gasteiger partial charge is 0.416 e. The second-order valence-corrected chi connectivity index (χ2v) is 8.44. The number of alkyl halides is 3. The Labute approximate surface area is 160 Å². The molecule has 3 N–H and O–H groups in total. The summed E-state index contributed by atoms with van der Waals surface area (Å²) in [4.78, 5) is 12.4. The maximum absolute atomic E-state index is 13.2. The van der Waals surface area contributed by atoms with Gasteiger partial charge in [0.1, 0.15) is 0 Å². The lowest BCUT2D eigenvalue weighted by atomic mass is 10.0. The van der Waals surface area contributed by atoms with Crippen molar-refractivity contribution >= 4 is 15.9 Å². The minimum absolute atomic E-state index is 0.0745. The normalized spacial score (nSPS) is 20.5. The zero-order valence-electron chi connectivity index (χ0n) is 14.9. The van der Waals surface area contributed by atoms with Crippen LogP contribution in [0, 0.1) is 5.92 Å². The molecule has 1 saturated carbocycles. The van der Waals surface area contributed by atoms with Gasteiger partial charge in [-0.2, -0.15) is 13.2 Å². The summed E-state index contributed by atoms with van der Waals surface area (Å²) in [7, 11) is -3.87. The van der Waals surface area contributed by atoms with Gasteiger partial charge in [-0.1, -0.05) is 30.3 Å². The van der Waals surface area contributed by atoms with Crippen LogP contribution in [0.25, 0.3) is 0 Å². The van der Waals surface area contributed by atoms with Crippen molar-refractivity contribution in [1.82, 2.24) is 5.32 Å². The highest BCUT2D eigenvalue weighted by Gasteiger charge is 2.48. The van der Waals surface area contributed by atoms with E-state index < -0.39 is 39.6 Å². The van der Waals surface area contributed by atoms with Crippen molar-refractivity contribution in [2.24, 2.45) is 11.1 Å². The van der Waals surface area contributed by atoms with Crippen LogP contribution in [-0.4, -0.2) is 14.3 Å². The molecule has 2 aromatic rings. The van der Waals surface area contributed by atoms with Crippen molar-refractivity contribution in [1.29, 1.82) is 0 Å². The number of halogens is 3. The van der Waals surface area contributed by atoms with Gasteiger partial charge >= 0.3 is 6.18 Å². The topological polar surface area (TPSA) is 89.3 Å². The minimum atomic E-state index is -4.47. The highest BCUT2D eigenvalue weighted by Crippen LogP contribution is 2.51. The Morgan fingerprint density at radius 1 is 1.18 bits per heavy atom. The molecule has 0 bridgehead atoms. The number of primary sulfonamides is 1. The van der Waals surface area contributed by atoms with E-state index in [4.69, 9.17) is 5.14 Å². The lowest BCUT2D eigenvalue weighted by Crippen LogP contribution is -2.28. The average molecular weight is 412 g/mol. The van der Waals surface area contributed by atoms with Gasteiger partial charge in [-0.25, -0.2) is 13.6 Å². The Kier molecular flexibility index (Phi) is 5.24. The van der Waals surface area contributed by atoms with Crippen molar-refractivity contribution in [2.75, 3.05) is 0 Å². The molecule has 28 heavy (non-hydrogen) atoms. The molecule has 5 nitrogen and oxygen atoms in total. The van der Waals surface area contributed by atoms with Crippen molar-refractivity contribution in [3.05, 3.63) is 65.2 Å². The third-order valence-electron chi connectivity index (χ3n) is 4.84. The van der Waals surface area contributed by atoms with Crippen LogP contribution in [0.2, 0.25) is 0 Å². The summed E-state index contributed by atoms with van der Waals surface area (Å²) < 4.78 is 62.4. The molecule has 0 saturated heterocycles. The first-order valence-corrected chi connectivity index (χ1v) is 10.1. The number of hydrogen-bond acceptors (Lipinski definition) is 3. The molecule has 0 spiro atoms. The number of sulfonamides is 1. The lowest BCUT2D eigenvalue weighted by molar-refractivity contribution is -0.138. The average Bonchev–Trinajstić information content (AvgIpc) is 3.41. The van der Waals surface area contributed by atoms with Crippen LogP contribution in [0.3, 0.4) is 0 Å². The lowest BCUT2D eigenvalue weighted by Gasteiger charge is -2.16. The zero-order valence-corrected chi connectivity index (χ0v) is 15.7. The molecule has 2 aromatic carbocycles. The number of carbonyl (C=O) groups is 1. The highest BCUT2D eigenvalue weighted by atomic mass is 32.2. The minimum Gasteiger partial charge on any atom is -0.349 e. The Morgan fingerprint density at radius 3 is 2.50 bits per heavy atom. The van der Waals surface area contributed by atoms with Crippen LogP contribution >= 0.6 is 0 Å². The molecule has 0 aromatic heterocycles. The summed E-state index contributed by atoms with van der Waals surface area (Å²) in [5, 5.41) is 7.85. The Bertz CT molecular complexity index is 1010. The second-order valence-electron chi connectivity index (χ2n) is 6.88. The van der Waals surface area contributed by atoms with Gasteiger partial charge in [0, 0.05) is 5.92 Å². The number of carbonyl (C=O) groups excluding carboxylic acids is 1. The Balaban J connectivity index is 1.71. The molecule has 1 amide bonds. The van der Waals surface area contributed by atoms with Gasteiger partial charge in [-0.3, -0.25) is 4.79 Å². The SMILES string of the molecule is CC(NC(=O)C1CC1c1ccccc1C(F)(F)F)c1cccc(S(N)(=O)=O)c1. The molecular weight excluding hydrogens is 393 g/mol. The molecule has 1 fully saturated rings. The number of rotatable bonds is 5. The van der Waals surface area contributed by atoms with Crippen LogP contribution in [0.1, 0.15) is 42.0 Å². The van der Waals surface area contributed by atoms with Crippen molar-refractivity contribution in [2.45, 2.75) is 36.4 Å². The summed E-state index contributed by atoms with van der Waals surface area (Å²) in [6.07, 6.45) is -4.13. The molecule has 9 heteroatoms. The van der Waals surface area contributed by atoms with Gasteiger partial charge in [0.25, 0.3) is 0 Å².